The van der Waals surface area contributed by atoms with Gasteiger partial charge in [-0.05, 0) is 20.9 Å². The van der Waals surface area contributed by atoms with Crippen LogP contribution in [0.25, 0.3) is 0 Å². The monoisotopic (exact) mass is 229 g/mol. The van der Waals surface area contributed by atoms with Gasteiger partial charge in [-0.2, -0.15) is 0 Å². The van der Waals surface area contributed by atoms with Crippen molar-refractivity contribution in [1.29, 1.82) is 0 Å². The summed E-state index contributed by atoms with van der Waals surface area (Å²) in [5.41, 5.74) is 5.04. The van der Waals surface area contributed by atoms with Gasteiger partial charge in [-0.15, -0.1) is 0 Å². The number of esters is 1. The van der Waals surface area contributed by atoms with E-state index in [4.69, 9.17) is 10.5 Å². The van der Waals surface area contributed by atoms with Gasteiger partial charge in [0.1, 0.15) is 5.54 Å². The minimum Gasteiger partial charge on any atom is -0.468 e. The molecule has 1 rings (SSSR count). The summed E-state index contributed by atoms with van der Waals surface area (Å²) in [5, 5.41) is 0. The van der Waals surface area contributed by atoms with Crippen LogP contribution in [0, 0.1) is 0 Å². The Kier molecular flexibility index (Phi) is 4.29. The van der Waals surface area contributed by atoms with E-state index in [1.54, 1.807) is 6.92 Å². The van der Waals surface area contributed by atoms with Crippen molar-refractivity contribution in [2.75, 3.05) is 40.3 Å². The quantitative estimate of drug-likeness (QED) is 0.662. The summed E-state index contributed by atoms with van der Waals surface area (Å²) in [6.07, 6.45) is 0. The lowest BCUT2D eigenvalue weighted by Gasteiger charge is -2.40. The average Bonchev–Trinajstić information content (AvgIpc) is 2.22. The van der Waals surface area contributed by atoms with Crippen molar-refractivity contribution in [1.82, 2.24) is 9.80 Å². The molecule has 1 fully saturated rings. The van der Waals surface area contributed by atoms with Crippen molar-refractivity contribution >= 4 is 5.97 Å². The molecule has 1 heterocycles. The summed E-state index contributed by atoms with van der Waals surface area (Å²) in [4.78, 5) is 16.0. The number of carbonyl (C=O) groups excluding carboxylic acids is 1. The zero-order chi connectivity index (χ0) is 12.3. The first kappa shape index (κ1) is 13.4. The number of piperazine rings is 1. The maximum absolute atomic E-state index is 11.5. The summed E-state index contributed by atoms with van der Waals surface area (Å²) >= 11 is 0. The van der Waals surface area contributed by atoms with E-state index in [-0.39, 0.29) is 5.97 Å². The van der Waals surface area contributed by atoms with Crippen molar-refractivity contribution in [2.45, 2.75) is 25.4 Å². The third-order valence-electron chi connectivity index (χ3n) is 3.25. The highest BCUT2D eigenvalue weighted by atomic mass is 16.5. The number of likely N-dealkylation sites (N-methyl/N-ethyl adjacent to an activating group) is 1. The standard InChI is InChI=1S/C11H23N3O2/c1-9-7-14(6-5-13(9)3)8-11(2,12)10(15)16-4/h9H,5-8,12H2,1-4H3. The number of ether oxygens (including phenoxy) is 1. The molecule has 16 heavy (non-hydrogen) atoms. The Morgan fingerprint density at radius 1 is 1.56 bits per heavy atom. The zero-order valence-electron chi connectivity index (χ0n) is 10.7. The second-order valence-corrected chi connectivity index (χ2v) is 4.97. The number of hydrogen-bond donors (Lipinski definition) is 1. The van der Waals surface area contributed by atoms with Crippen LogP contribution >= 0.6 is 0 Å². The molecule has 5 heteroatoms. The van der Waals surface area contributed by atoms with Gasteiger partial charge in [-0.3, -0.25) is 9.69 Å². The lowest BCUT2D eigenvalue weighted by molar-refractivity contribution is -0.147. The van der Waals surface area contributed by atoms with Crippen LogP contribution in [0.15, 0.2) is 0 Å². The predicted octanol–water partition coefficient (Wildman–Crippen LogP) is -0.487. The molecule has 94 valence electrons. The minimum atomic E-state index is -0.912. The third kappa shape index (κ3) is 3.17. The van der Waals surface area contributed by atoms with Crippen LogP contribution in [-0.2, 0) is 9.53 Å². The first-order chi connectivity index (χ1) is 7.36. The second kappa shape index (κ2) is 5.12. The van der Waals surface area contributed by atoms with Crippen molar-refractivity contribution < 1.29 is 9.53 Å². The first-order valence-electron chi connectivity index (χ1n) is 5.66. The molecule has 0 aromatic heterocycles. The number of rotatable bonds is 3. The SMILES string of the molecule is COC(=O)C(C)(N)CN1CCN(C)C(C)C1. The van der Waals surface area contributed by atoms with E-state index in [2.05, 4.69) is 23.8 Å². The van der Waals surface area contributed by atoms with Crippen LogP contribution in [0.2, 0.25) is 0 Å². The highest BCUT2D eigenvalue weighted by molar-refractivity contribution is 5.80. The highest BCUT2D eigenvalue weighted by Gasteiger charge is 2.33. The van der Waals surface area contributed by atoms with Crippen molar-refractivity contribution in [3.05, 3.63) is 0 Å². The number of hydrogen-bond acceptors (Lipinski definition) is 5. The maximum atomic E-state index is 11.5. The molecule has 1 aliphatic rings. The fourth-order valence-corrected chi connectivity index (χ4v) is 2.03. The molecule has 0 amide bonds. The number of nitrogens with zero attached hydrogens (tertiary/aromatic N) is 2. The second-order valence-electron chi connectivity index (χ2n) is 4.97. The topological polar surface area (TPSA) is 58.8 Å². The molecule has 0 spiro atoms. The molecule has 1 saturated heterocycles. The lowest BCUT2D eigenvalue weighted by atomic mass is 10.0. The van der Waals surface area contributed by atoms with E-state index < -0.39 is 5.54 Å². The minimum absolute atomic E-state index is 0.348. The maximum Gasteiger partial charge on any atom is 0.326 e. The van der Waals surface area contributed by atoms with E-state index in [1.807, 2.05) is 0 Å². The number of carbonyl (C=O) groups is 1. The van der Waals surface area contributed by atoms with Gasteiger partial charge in [-0.1, -0.05) is 0 Å². The van der Waals surface area contributed by atoms with E-state index >= 15 is 0 Å². The van der Waals surface area contributed by atoms with E-state index in [0.717, 1.165) is 19.6 Å². The Morgan fingerprint density at radius 3 is 2.69 bits per heavy atom. The van der Waals surface area contributed by atoms with E-state index in [0.29, 0.717) is 12.6 Å². The number of nitrogens with two attached hydrogens (primary N) is 1. The first-order valence-corrected chi connectivity index (χ1v) is 5.66. The summed E-state index contributed by atoms with van der Waals surface area (Å²) in [6.45, 7) is 7.36. The summed E-state index contributed by atoms with van der Waals surface area (Å²) in [7, 11) is 3.49. The molecule has 5 nitrogen and oxygen atoms in total. The molecular weight excluding hydrogens is 206 g/mol. The van der Waals surface area contributed by atoms with Gasteiger partial charge in [0.05, 0.1) is 7.11 Å². The van der Waals surface area contributed by atoms with Gasteiger partial charge in [0.15, 0.2) is 0 Å². The van der Waals surface area contributed by atoms with Crippen LogP contribution < -0.4 is 5.73 Å². The fraction of sp³-hybridized carbons (Fsp3) is 0.909. The van der Waals surface area contributed by atoms with Crippen LogP contribution in [-0.4, -0.2) is 67.7 Å². The van der Waals surface area contributed by atoms with E-state index in [9.17, 15) is 4.79 Å². The summed E-state index contributed by atoms with van der Waals surface area (Å²) in [6, 6.07) is 0.502. The molecule has 1 aliphatic heterocycles. The smallest absolute Gasteiger partial charge is 0.326 e. The van der Waals surface area contributed by atoms with E-state index in [1.165, 1.54) is 7.11 Å². The van der Waals surface area contributed by atoms with Crippen LogP contribution in [0.5, 0.6) is 0 Å². The normalized spacial score (nSPS) is 27.4. The van der Waals surface area contributed by atoms with Crippen molar-refractivity contribution in [3.8, 4) is 0 Å². The number of methoxy groups -OCH3 is 1. The molecule has 0 aromatic carbocycles. The Hall–Kier alpha value is -0.650. The molecular formula is C11H23N3O2. The molecule has 2 atom stereocenters. The van der Waals surface area contributed by atoms with Gasteiger partial charge in [0.2, 0.25) is 0 Å². The molecule has 0 radical (unpaired) electrons. The fourth-order valence-electron chi connectivity index (χ4n) is 2.03. The highest BCUT2D eigenvalue weighted by Crippen LogP contribution is 2.11. The van der Waals surface area contributed by atoms with Crippen molar-refractivity contribution in [2.24, 2.45) is 5.73 Å². The Bertz CT molecular complexity index is 256. The van der Waals surface area contributed by atoms with Gasteiger partial charge in [0, 0.05) is 32.2 Å². The molecule has 0 aliphatic carbocycles. The van der Waals surface area contributed by atoms with Crippen LogP contribution in [0.1, 0.15) is 13.8 Å². The Morgan fingerprint density at radius 2 is 2.19 bits per heavy atom. The third-order valence-corrected chi connectivity index (χ3v) is 3.25. The average molecular weight is 229 g/mol. The summed E-state index contributed by atoms with van der Waals surface area (Å²) in [5.74, 6) is -0.348. The van der Waals surface area contributed by atoms with Gasteiger partial charge in [0.25, 0.3) is 0 Å². The molecule has 0 aromatic rings. The van der Waals surface area contributed by atoms with Gasteiger partial charge >= 0.3 is 5.97 Å². The molecule has 2 unspecified atom stereocenters. The molecule has 0 bridgehead atoms. The lowest BCUT2D eigenvalue weighted by Crippen LogP contribution is -2.59. The Labute approximate surface area is 97.5 Å². The summed E-state index contributed by atoms with van der Waals surface area (Å²) < 4.78 is 4.70. The molecule has 0 saturated carbocycles. The zero-order valence-corrected chi connectivity index (χ0v) is 10.7. The largest absolute Gasteiger partial charge is 0.468 e. The van der Waals surface area contributed by atoms with Gasteiger partial charge in [-0.25, -0.2) is 0 Å². The molecule has 2 N–H and O–H groups in total. The Balaban J connectivity index is 2.51. The van der Waals surface area contributed by atoms with Crippen LogP contribution in [0.3, 0.4) is 0 Å². The van der Waals surface area contributed by atoms with Gasteiger partial charge < -0.3 is 15.4 Å². The van der Waals surface area contributed by atoms with Crippen LogP contribution in [0.4, 0.5) is 0 Å². The van der Waals surface area contributed by atoms with Crippen molar-refractivity contribution in [3.63, 3.8) is 0 Å². The predicted molar refractivity (Wildman–Crippen MR) is 63.1 cm³/mol.